The van der Waals surface area contributed by atoms with Crippen molar-refractivity contribution >= 4 is 5.91 Å². The maximum atomic E-state index is 9.70. The molecular weight excluding hydrogens is 138 g/mol. The lowest BCUT2D eigenvalue weighted by atomic mass is 10.6. The van der Waals surface area contributed by atoms with E-state index in [1.165, 1.54) is 6.92 Å². The van der Waals surface area contributed by atoms with Gasteiger partial charge in [0, 0.05) is 14.0 Å². The number of carbonyl (C=O) groups is 1. The van der Waals surface area contributed by atoms with E-state index in [1.54, 1.807) is 7.05 Å². The fourth-order valence-electron chi connectivity index (χ4n) is 0. The van der Waals surface area contributed by atoms with E-state index in [-0.39, 0.29) is 20.8 Å². The van der Waals surface area contributed by atoms with Crippen molar-refractivity contribution in [1.29, 1.82) is 0 Å². The molecule has 0 fully saturated rings. The maximum absolute atomic E-state index is 9.70. The van der Waals surface area contributed by atoms with Crippen molar-refractivity contribution in [2.45, 2.75) is 35.6 Å². The van der Waals surface area contributed by atoms with Gasteiger partial charge in [0.05, 0.1) is 0 Å². The Bertz CT molecular complexity index is 83.6. The average Bonchev–Trinajstić information content (AvgIpc) is 1.89. The standard InChI is InChI=1S/C4H8.C3H7NO.2CH4/c1-3-4-2;1-3(5)4-2;;/h3-4H,1-2H3;1-2H3,(H,4,5);2*1H4/b4-3+;;;. The van der Waals surface area contributed by atoms with Crippen molar-refractivity contribution in [3.8, 4) is 0 Å². The van der Waals surface area contributed by atoms with E-state index >= 15 is 0 Å². The molecule has 0 saturated heterocycles. The molecule has 1 amide bonds. The molecule has 0 aromatic heterocycles. The zero-order chi connectivity index (χ0) is 7.70. The van der Waals surface area contributed by atoms with Gasteiger partial charge < -0.3 is 5.32 Å². The van der Waals surface area contributed by atoms with Crippen LogP contribution in [-0.2, 0) is 4.79 Å². The molecule has 0 aliphatic rings. The minimum Gasteiger partial charge on any atom is -0.359 e. The van der Waals surface area contributed by atoms with Crippen LogP contribution in [0.25, 0.3) is 0 Å². The summed E-state index contributed by atoms with van der Waals surface area (Å²) in [5, 5.41) is 2.39. The first-order valence-corrected chi connectivity index (χ1v) is 2.94. The molecule has 0 spiro atoms. The molecule has 70 valence electrons. The summed E-state index contributed by atoms with van der Waals surface area (Å²) in [7, 11) is 1.60. The van der Waals surface area contributed by atoms with Crippen molar-refractivity contribution in [3.05, 3.63) is 12.2 Å². The third-order valence-corrected chi connectivity index (χ3v) is 0.685. The van der Waals surface area contributed by atoms with Gasteiger partial charge in [-0.05, 0) is 13.8 Å². The summed E-state index contributed by atoms with van der Waals surface area (Å²) in [6.45, 7) is 5.47. The summed E-state index contributed by atoms with van der Waals surface area (Å²) in [5.41, 5.74) is 0. The largest absolute Gasteiger partial charge is 0.359 e. The Hall–Kier alpha value is -0.790. The summed E-state index contributed by atoms with van der Waals surface area (Å²) < 4.78 is 0. The molecule has 0 radical (unpaired) electrons. The lowest BCUT2D eigenvalue weighted by molar-refractivity contribution is -0.118. The van der Waals surface area contributed by atoms with Crippen LogP contribution in [0.5, 0.6) is 0 Å². The molecule has 0 heterocycles. The number of allylic oxidation sites excluding steroid dienone is 2. The first-order valence-electron chi connectivity index (χ1n) is 2.94. The van der Waals surface area contributed by atoms with Crippen LogP contribution in [-0.4, -0.2) is 13.0 Å². The van der Waals surface area contributed by atoms with Gasteiger partial charge in [0.25, 0.3) is 0 Å². The number of amides is 1. The quantitative estimate of drug-likeness (QED) is 0.544. The summed E-state index contributed by atoms with van der Waals surface area (Å²) in [5.74, 6) is 0.00463. The first kappa shape index (κ1) is 22.5. The minimum absolute atomic E-state index is 0. The zero-order valence-corrected chi connectivity index (χ0v) is 6.56. The predicted molar refractivity (Wildman–Crippen MR) is 53.7 cm³/mol. The predicted octanol–water partition coefficient (Wildman–Crippen LogP) is 2.61. The summed E-state index contributed by atoms with van der Waals surface area (Å²) in [6, 6.07) is 0. The third-order valence-electron chi connectivity index (χ3n) is 0.685. The highest BCUT2D eigenvalue weighted by Crippen LogP contribution is 1.57. The van der Waals surface area contributed by atoms with E-state index in [1.807, 2.05) is 26.0 Å². The highest BCUT2D eigenvalue weighted by atomic mass is 16.1. The first-order chi connectivity index (χ1) is 4.18. The Morgan fingerprint density at radius 1 is 1.18 bits per heavy atom. The Morgan fingerprint density at radius 2 is 1.36 bits per heavy atom. The summed E-state index contributed by atoms with van der Waals surface area (Å²) in [4.78, 5) is 9.70. The zero-order valence-electron chi connectivity index (χ0n) is 6.56. The van der Waals surface area contributed by atoms with Gasteiger partial charge in [0.15, 0.2) is 0 Å². The lowest BCUT2D eigenvalue weighted by Gasteiger charge is -1.80. The van der Waals surface area contributed by atoms with Crippen LogP contribution in [0.2, 0.25) is 0 Å². The van der Waals surface area contributed by atoms with Crippen LogP contribution in [0.3, 0.4) is 0 Å². The molecule has 0 aromatic rings. The van der Waals surface area contributed by atoms with E-state index in [9.17, 15) is 4.79 Å². The topological polar surface area (TPSA) is 29.1 Å². The SMILES string of the molecule is C.C.C/C=C/C.CNC(C)=O. The molecule has 0 aliphatic carbocycles. The van der Waals surface area contributed by atoms with Gasteiger partial charge in [-0.1, -0.05) is 27.0 Å². The molecule has 0 aliphatic heterocycles. The number of nitrogens with one attached hydrogen (secondary N) is 1. The second-order valence-corrected chi connectivity index (χ2v) is 1.47. The molecule has 11 heavy (non-hydrogen) atoms. The normalized spacial score (nSPS) is 6.55. The molecule has 0 aromatic carbocycles. The smallest absolute Gasteiger partial charge is 0.216 e. The van der Waals surface area contributed by atoms with Crippen molar-refractivity contribution in [2.24, 2.45) is 0 Å². The van der Waals surface area contributed by atoms with Gasteiger partial charge in [-0.2, -0.15) is 0 Å². The van der Waals surface area contributed by atoms with Gasteiger partial charge in [-0.15, -0.1) is 0 Å². The molecule has 0 rings (SSSR count). The number of rotatable bonds is 0. The van der Waals surface area contributed by atoms with E-state index in [2.05, 4.69) is 5.32 Å². The van der Waals surface area contributed by atoms with Gasteiger partial charge in [-0.3, -0.25) is 4.79 Å². The molecule has 2 nitrogen and oxygen atoms in total. The van der Waals surface area contributed by atoms with Crippen LogP contribution >= 0.6 is 0 Å². The van der Waals surface area contributed by atoms with Crippen LogP contribution in [0, 0.1) is 0 Å². The van der Waals surface area contributed by atoms with Crippen molar-refractivity contribution < 1.29 is 4.79 Å². The highest BCUT2D eigenvalue weighted by Gasteiger charge is 1.72. The molecule has 0 atom stereocenters. The maximum Gasteiger partial charge on any atom is 0.216 e. The van der Waals surface area contributed by atoms with Gasteiger partial charge in [0.2, 0.25) is 5.91 Å². The molecule has 0 bridgehead atoms. The lowest BCUT2D eigenvalue weighted by Crippen LogP contribution is -2.11. The molecular formula is C9H23NO. The number of carbonyl (C=O) groups excluding carboxylic acids is 1. The monoisotopic (exact) mass is 161 g/mol. The average molecular weight is 161 g/mol. The van der Waals surface area contributed by atoms with E-state index in [4.69, 9.17) is 0 Å². The van der Waals surface area contributed by atoms with Crippen LogP contribution < -0.4 is 5.32 Å². The summed E-state index contributed by atoms with van der Waals surface area (Å²) >= 11 is 0. The molecule has 0 unspecified atom stereocenters. The Labute approximate surface area is 71.7 Å². The second-order valence-electron chi connectivity index (χ2n) is 1.47. The summed E-state index contributed by atoms with van der Waals surface area (Å²) in [6.07, 6.45) is 4.00. The van der Waals surface area contributed by atoms with Crippen molar-refractivity contribution in [2.75, 3.05) is 7.05 Å². The van der Waals surface area contributed by atoms with Crippen LogP contribution in [0.1, 0.15) is 35.6 Å². The fourth-order valence-corrected chi connectivity index (χ4v) is 0. The third kappa shape index (κ3) is 98.0. The Morgan fingerprint density at radius 3 is 1.36 bits per heavy atom. The van der Waals surface area contributed by atoms with Crippen LogP contribution in [0.15, 0.2) is 12.2 Å². The van der Waals surface area contributed by atoms with Gasteiger partial charge in [-0.25, -0.2) is 0 Å². The molecule has 0 saturated carbocycles. The Balaban J connectivity index is -0.0000000383. The fraction of sp³-hybridized carbons (Fsp3) is 0.667. The second kappa shape index (κ2) is 22.9. The van der Waals surface area contributed by atoms with Gasteiger partial charge >= 0.3 is 0 Å². The number of hydrogen-bond donors (Lipinski definition) is 1. The minimum atomic E-state index is 0. The molecule has 2 heteroatoms. The number of hydrogen-bond acceptors (Lipinski definition) is 1. The van der Waals surface area contributed by atoms with E-state index in [0.29, 0.717) is 0 Å². The van der Waals surface area contributed by atoms with Crippen molar-refractivity contribution in [3.63, 3.8) is 0 Å². The van der Waals surface area contributed by atoms with E-state index < -0.39 is 0 Å². The Kier molecular flexibility index (Phi) is 46.7. The van der Waals surface area contributed by atoms with E-state index in [0.717, 1.165) is 0 Å². The highest BCUT2D eigenvalue weighted by molar-refractivity contribution is 5.72. The van der Waals surface area contributed by atoms with Gasteiger partial charge in [0.1, 0.15) is 0 Å². The van der Waals surface area contributed by atoms with Crippen molar-refractivity contribution in [1.82, 2.24) is 5.32 Å². The van der Waals surface area contributed by atoms with Crippen LogP contribution in [0.4, 0.5) is 0 Å². The molecule has 1 N–H and O–H groups in total.